The molecule has 2 fully saturated rings. The summed E-state index contributed by atoms with van der Waals surface area (Å²) in [4.78, 5) is 19.2. The third kappa shape index (κ3) is 3.91. The first-order valence-electron chi connectivity index (χ1n) is 9.80. The Balaban J connectivity index is 1.47. The van der Waals surface area contributed by atoms with Gasteiger partial charge >= 0.3 is 6.03 Å². The van der Waals surface area contributed by atoms with E-state index < -0.39 is 0 Å². The highest BCUT2D eigenvalue weighted by Crippen LogP contribution is 2.32. The Labute approximate surface area is 159 Å². The highest BCUT2D eigenvalue weighted by molar-refractivity contribution is 5.75. The first-order valence-corrected chi connectivity index (χ1v) is 9.80. The maximum Gasteiger partial charge on any atom is 0.318 e. The van der Waals surface area contributed by atoms with E-state index in [4.69, 9.17) is 9.26 Å². The van der Waals surface area contributed by atoms with Gasteiger partial charge in [0.2, 0.25) is 11.7 Å². The van der Waals surface area contributed by atoms with Crippen LogP contribution in [0, 0.1) is 0 Å². The fourth-order valence-corrected chi connectivity index (χ4v) is 4.02. The van der Waals surface area contributed by atoms with Crippen LogP contribution in [-0.2, 0) is 0 Å². The molecule has 1 N–H and O–H groups in total. The lowest BCUT2D eigenvalue weighted by atomic mass is 9.96. The lowest BCUT2D eigenvalue weighted by Gasteiger charge is -2.28. The topological polar surface area (TPSA) is 80.5 Å². The second kappa shape index (κ2) is 7.98. The number of benzene rings is 1. The van der Waals surface area contributed by atoms with E-state index in [0.717, 1.165) is 43.5 Å². The van der Waals surface area contributed by atoms with Crippen molar-refractivity contribution in [2.75, 3.05) is 13.7 Å². The zero-order valence-electron chi connectivity index (χ0n) is 15.7. The fourth-order valence-electron chi connectivity index (χ4n) is 4.02. The molecule has 27 heavy (non-hydrogen) atoms. The maximum atomic E-state index is 12.8. The quantitative estimate of drug-likeness (QED) is 0.882. The van der Waals surface area contributed by atoms with Gasteiger partial charge in [-0.3, -0.25) is 0 Å². The van der Waals surface area contributed by atoms with Gasteiger partial charge in [0.1, 0.15) is 11.8 Å². The van der Waals surface area contributed by atoms with Gasteiger partial charge in [-0.25, -0.2) is 4.79 Å². The van der Waals surface area contributed by atoms with Crippen LogP contribution in [0.5, 0.6) is 5.75 Å². The standard InChI is InChI=1S/C20H26N4O3/c1-26-16-10-5-7-14(13-16)18-22-19(27-23-18)17-11-6-12-24(17)20(25)21-15-8-3-2-4-9-15/h5,7,10,13,15,17H,2-4,6,8-9,11-12H2,1H3,(H,21,25)/t17-/m1/s1. The first-order chi connectivity index (χ1) is 13.2. The number of aromatic nitrogens is 2. The molecule has 2 heterocycles. The number of nitrogens with one attached hydrogen (secondary N) is 1. The number of ether oxygens (including phenoxy) is 1. The maximum absolute atomic E-state index is 12.8. The number of rotatable bonds is 4. The summed E-state index contributed by atoms with van der Waals surface area (Å²) in [5.74, 6) is 1.76. The third-order valence-electron chi connectivity index (χ3n) is 5.50. The summed E-state index contributed by atoms with van der Waals surface area (Å²) in [7, 11) is 1.63. The number of urea groups is 1. The monoisotopic (exact) mass is 370 g/mol. The zero-order valence-corrected chi connectivity index (χ0v) is 15.7. The molecule has 7 heteroatoms. The SMILES string of the molecule is COc1cccc(-c2noc([C@H]3CCCN3C(=O)NC3CCCCC3)n2)c1. The van der Waals surface area contributed by atoms with Gasteiger partial charge in [0.25, 0.3) is 0 Å². The Morgan fingerprint density at radius 1 is 1.22 bits per heavy atom. The molecule has 1 saturated heterocycles. The van der Waals surface area contributed by atoms with E-state index in [2.05, 4.69) is 15.5 Å². The summed E-state index contributed by atoms with van der Waals surface area (Å²) < 4.78 is 10.8. The van der Waals surface area contributed by atoms with Crippen LogP contribution in [0.2, 0.25) is 0 Å². The van der Waals surface area contributed by atoms with Crippen LogP contribution in [0.3, 0.4) is 0 Å². The summed E-state index contributed by atoms with van der Waals surface area (Å²) >= 11 is 0. The zero-order chi connectivity index (χ0) is 18.6. The average molecular weight is 370 g/mol. The molecule has 1 aliphatic carbocycles. The first kappa shape index (κ1) is 17.8. The van der Waals surface area contributed by atoms with Crippen molar-refractivity contribution in [3.63, 3.8) is 0 Å². The van der Waals surface area contributed by atoms with E-state index in [1.165, 1.54) is 19.3 Å². The summed E-state index contributed by atoms with van der Waals surface area (Å²) in [6.07, 6.45) is 7.60. The van der Waals surface area contributed by atoms with Crippen LogP contribution in [0.4, 0.5) is 4.79 Å². The van der Waals surface area contributed by atoms with Gasteiger partial charge in [0.05, 0.1) is 7.11 Å². The molecule has 7 nitrogen and oxygen atoms in total. The van der Waals surface area contributed by atoms with Crippen molar-refractivity contribution < 1.29 is 14.1 Å². The number of carbonyl (C=O) groups excluding carboxylic acids is 1. The number of likely N-dealkylation sites (tertiary alicyclic amines) is 1. The Hall–Kier alpha value is -2.57. The van der Waals surface area contributed by atoms with E-state index in [1.54, 1.807) is 7.11 Å². The fraction of sp³-hybridized carbons (Fsp3) is 0.550. The molecule has 1 saturated carbocycles. The molecule has 1 aliphatic heterocycles. The van der Waals surface area contributed by atoms with Gasteiger partial charge in [0.15, 0.2) is 0 Å². The number of hydrogen-bond acceptors (Lipinski definition) is 5. The van der Waals surface area contributed by atoms with E-state index in [9.17, 15) is 4.79 Å². The lowest BCUT2D eigenvalue weighted by molar-refractivity contribution is 0.173. The van der Waals surface area contributed by atoms with Crippen LogP contribution in [-0.4, -0.2) is 40.8 Å². The van der Waals surface area contributed by atoms with Crippen molar-refractivity contribution in [2.45, 2.75) is 57.0 Å². The van der Waals surface area contributed by atoms with E-state index >= 15 is 0 Å². The van der Waals surface area contributed by atoms with Gasteiger partial charge in [-0.1, -0.05) is 36.6 Å². The minimum Gasteiger partial charge on any atom is -0.497 e. The molecule has 144 valence electrons. The molecule has 2 aromatic rings. The Morgan fingerprint density at radius 2 is 2.07 bits per heavy atom. The number of hydrogen-bond donors (Lipinski definition) is 1. The van der Waals surface area contributed by atoms with E-state index in [1.807, 2.05) is 29.2 Å². The summed E-state index contributed by atoms with van der Waals surface area (Å²) in [6, 6.07) is 7.69. The van der Waals surface area contributed by atoms with E-state index in [0.29, 0.717) is 17.8 Å². The molecule has 1 atom stereocenters. The average Bonchev–Trinajstić information content (AvgIpc) is 3.38. The van der Waals surface area contributed by atoms with Gasteiger partial charge < -0.3 is 19.5 Å². The lowest BCUT2D eigenvalue weighted by Crippen LogP contribution is -2.45. The number of carbonyl (C=O) groups is 1. The Kier molecular flexibility index (Phi) is 5.27. The van der Waals surface area contributed by atoms with Gasteiger partial charge in [0, 0.05) is 18.2 Å². The van der Waals surface area contributed by atoms with Gasteiger partial charge in [-0.2, -0.15) is 4.98 Å². The predicted molar refractivity (Wildman–Crippen MR) is 100 cm³/mol. The molecular formula is C20H26N4O3. The van der Waals surface area contributed by atoms with Crippen molar-refractivity contribution >= 4 is 6.03 Å². The van der Waals surface area contributed by atoms with Crippen LogP contribution in [0.1, 0.15) is 56.9 Å². The molecule has 0 bridgehead atoms. The van der Waals surface area contributed by atoms with Crippen LogP contribution in [0.25, 0.3) is 11.4 Å². The molecule has 0 unspecified atom stereocenters. The second-order valence-electron chi connectivity index (χ2n) is 7.32. The Bertz CT molecular complexity index is 785. The minimum absolute atomic E-state index is 0.00877. The summed E-state index contributed by atoms with van der Waals surface area (Å²) in [5, 5.41) is 7.31. The molecular weight excluding hydrogens is 344 g/mol. The number of methoxy groups -OCH3 is 1. The van der Waals surface area contributed by atoms with Crippen molar-refractivity contribution in [3.05, 3.63) is 30.2 Å². The normalized spacial score (nSPS) is 20.6. The Morgan fingerprint density at radius 3 is 2.89 bits per heavy atom. The van der Waals surface area contributed by atoms with Crippen LogP contribution in [0.15, 0.2) is 28.8 Å². The molecule has 1 aromatic carbocycles. The van der Waals surface area contributed by atoms with Gasteiger partial charge in [-0.05, 0) is 37.8 Å². The van der Waals surface area contributed by atoms with E-state index in [-0.39, 0.29) is 12.1 Å². The summed E-state index contributed by atoms with van der Waals surface area (Å²) in [6.45, 7) is 0.722. The molecule has 4 rings (SSSR count). The van der Waals surface area contributed by atoms with Gasteiger partial charge in [-0.15, -0.1) is 0 Å². The molecule has 0 spiro atoms. The van der Waals surface area contributed by atoms with Crippen molar-refractivity contribution in [3.8, 4) is 17.1 Å². The number of amides is 2. The third-order valence-corrected chi connectivity index (χ3v) is 5.50. The number of nitrogens with zero attached hydrogens (tertiary/aromatic N) is 3. The highest BCUT2D eigenvalue weighted by atomic mass is 16.5. The highest BCUT2D eigenvalue weighted by Gasteiger charge is 2.35. The van der Waals surface area contributed by atoms with Crippen molar-refractivity contribution in [1.29, 1.82) is 0 Å². The molecule has 1 aromatic heterocycles. The van der Waals surface area contributed by atoms with Crippen LogP contribution < -0.4 is 10.1 Å². The summed E-state index contributed by atoms with van der Waals surface area (Å²) in [5.41, 5.74) is 0.834. The molecule has 2 amide bonds. The smallest absolute Gasteiger partial charge is 0.318 e. The van der Waals surface area contributed by atoms with Crippen molar-refractivity contribution in [1.82, 2.24) is 20.4 Å². The molecule has 2 aliphatic rings. The van der Waals surface area contributed by atoms with Crippen LogP contribution >= 0.6 is 0 Å². The predicted octanol–water partition coefficient (Wildman–Crippen LogP) is 3.92. The largest absolute Gasteiger partial charge is 0.497 e. The minimum atomic E-state index is -0.152. The molecule has 0 radical (unpaired) electrons. The van der Waals surface area contributed by atoms with Crippen molar-refractivity contribution in [2.24, 2.45) is 0 Å². The second-order valence-corrected chi connectivity index (χ2v) is 7.32.